The molecule has 1 atom stereocenters. The average Bonchev–Trinajstić information content (AvgIpc) is 3.49. The Morgan fingerprint density at radius 2 is 1.86 bits per heavy atom. The maximum Gasteiger partial charge on any atom is 0.338 e. The predicted octanol–water partition coefficient (Wildman–Crippen LogP) is 3.65. The number of ether oxygens (including phenoxy) is 2. The second-order valence-corrected chi connectivity index (χ2v) is 12.3. The maximum atomic E-state index is 14.1. The third kappa shape index (κ3) is 5.70. The van der Waals surface area contributed by atoms with Crippen molar-refractivity contribution in [3.05, 3.63) is 102 Å². The molecule has 4 aromatic rings. The zero-order valence-corrected chi connectivity index (χ0v) is 25.7. The summed E-state index contributed by atoms with van der Waals surface area (Å²) >= 11 is 7.44. The number of hydrogen-bond acceptors (Lipinski definition) is 7. The normalized spacial score (nSPS) is 17.4. The van der Waals surface area contributed by atoms with Crippen molar-refractivity contribution in [3.8, 4) is 0 Å². The summed E-state index contributed by atoms with van der Waals surface area (Å²) in [6.07, 6.45) is 3.41. The molecule has 2 aliphatic rings. The van der Waals surface area contributed by atoms with Crippen LogP contribution >= 0.6 is 22.9 Å². The van der Waals surface area contributed by atoms with Crippen molar-refractivity contribution in [2.45, 2.75) is 39.5 Å². The van der Waals surface area contributed by atoms with Gasteiger partial charge in [0, 0.05) is 40.8 Å². The van der Waals surface area contributed by atoms with Crippen molar-refractivity contribution in [3.63, 3.8) is 0 Å². The van der Waals surface area contributed by atoms with E-state index in [1.54, 1.807) is 37.5 Å². The predicted molar refractivity (Wildman–Crippen MR) is 166 cm³/mol. The number of rotatable bonds is 6. The fourth-order valence-electron chi connectivity index (χ4n) is 5.54. The number of thiazole rings is 1. The van der Waals surface area contributed by atoms with E-state index in [0.717, 1.165) is 22.0 Å². The minimum atomic E-state index is -0.727. The number of carbonyl (C=O) groups excluding carboxylic acids is 2. The largest absolute Gasteiger partial charge is 0.459 e. The quantitative estimate of drug-likeness (QED) is 0.308. The van der Waals surface area contributed by atoms with E-state index in [4.69, 9.17) is 21.1 Å². The Balaban J connectivity index is 1.46. The Kier molecular flexibility index (Phi) is 8.09. The molecule has 11 heteroatoms. The third-order valence-electron chi connectivity index (χ3n) is 7.55. The highest BCUT2D eigenvalue weighted by Gasteiger charge is 2.34. The van der Waals surface area contributed by atoms with E-state index in [2.05, 4.69) is 4.99 Å². The molecule has 222 valence electrons. The lowest BCUT2D eigenvalue weighted by molar-refractivity contribution is -0.143. The summed E-state index contributed by atoms with van der Waals surface area (Å²) < 4.78 is 14.9. The van der Waals surface area contributed by atoms with Gasteiger partial charge in [-0.3, -0.25) is 14.2 Å². The van der Waals surface area contributed by atoms with Crippen LogP contribution in [0.3, 0.4) is 0 Å². The lowest BCUT2D eigenvalue weighted by Gasteiger charge is -2.27. The van der Waals surface area contributed by atoms with Crippen LogP contribution < -0.4 is 14.9 Å². The smallest absolute Gasteiger partial charge is 0.338 e. The fourth-order valence-corrected chi connectivity index (χ4v) is 6.70. The Hall–Kier alpha value is -3.99. The first-order chi connectivity index (χ1) is 20.7. The van der Waals surface area contributed by atoms with Crippen LogP contribution in [0.25, 0.3) is 17.0 Å². The lowest BCUT2D eigenvalue weighted by atomic mass is 9.96. The van der Waals surface area contributed by atoms with Crippen LogP contribution in [0.4, 0.5) is 0 Å². The molecule has 2 aromatic carbocycles. The van der Waals surface area contributed by atoms with Crippen molar-refractivity contribution in [1.82, 2.24) is 14.0 Å². The number of benzene rings is 2. The number of allylic oxidation sites excluding steroid dienone is 1. The van der Waals surface area contributed by atoms with Gasteiger partial charge >= 0.3 is 5.97 Å². The van der Waals surface area contributed by atoms with E-state index in [1.807, 2.05) is 58.1 Å². The second-order valence-electron chi connectivity index (χ2n) is 10.8. The number of fused-ring (bicyclic) bond motifs is 2. The van der Waals surface area contributed by atoms with E-state index in [9.17, 15) is 14.4 Å². The van der Waals surface area contributed by atoms with Gasteiger partial charge < -0.3 is 18.9 Å². The summed E-state index contributed by atoms with van der Waals surface area (Å²) in [7, 11) is 0. The molecule has 1 amide bonds. The topological polar surface area (TPSA) is 95.1 Å². The molecule has 43 heavy (non-hydrogen) atoms. The molecule has 0 bridgehead atoms. The van der Waals surface area contributed by atoms with Crippen molar-refractivity contribution in [2.75, 3.05) is 26.3 Å². The molecular weight excluding hydrogens is 588 g/mol. The van der Waals surface area contributed by atoms with Crippen LogP contribution in [0.5, 0.6) is 0 Å². The summed E-state index contributed by atoms with van der Waals surface area (Å²) in [6, 6.07) is 14.2. The van der Waals surface area contributed by atoms with Gasteiger partial charge in [0.1, 0.15) is 6.54 Å². The molecule has 9 nitrogen and oxygen atoms in total. The van der Waals surface area contributed by atoms with Crippen LogP contribution in [-0.4, -0.2) is 58.3 Å². The number of halogens is 1. The first-order valence-corrected chi connectivity index (χ1v) is 15.3. The molecule has 2 aliphatic heterocycles. The SMILES string of the molecule is CC1=C(C(=O)OC(C)C)C(c2ccc(Cl)cc2)n2c(sc(=Cc3cn(CC(=O)N4CCOCC4)c4ccccc34)c2=O)=N1. The molecular formula is C32H31ClN4O5S. The average molecular weight is 619 g/mol. The van der Waals surface area contributed by atoms with Gasteiger partial charge in [-0.25, -0.2) is 9.79 Å². The van der Waals surface area contributed by atoms with Gasteiger partial charge in [0.15, 0.2) is 4.80 Å². The number of para-hydroxylation sites is 1. The molecule has 0 aliphatic carbocycles. The van der Waals surface area contributed by atoms with Crippen LogP contribution in [0.2, 0.25) is 5.02 Å². The Morgan fingerprint density at radius 1 is 1.14 bits per heavy atom. The van der Waals surface area contributed by atoms with Crippen LogP contribution in [0.15, 0.2) is 75.8 Å². The van der Waals surface area contributed by atoms with E-state index in [0.29, 0.717) is 51.9 Å². The molecule has 0 spiro atoms. The molecule has 0 saturated carbocycles. The summed E-state index contributed by atoms with van der Waals surface area (Å²) in [6.45, 7) is 7.74. The third-order valence-corrected chi connectivity index (χ3v) is 8.78. The summed E-state index contributed by atoms with van der Waals surface area (Å²) in [4.78, 5) is 47.5. The van der Waals surface area contributed by atoms with E-state index in [-0.39, 0.29) is 24.1 Å². The monoisotopic (exact) mass is 618 g/mol. The second kappa shape index (κ2) is 11.9. The first kappa shape index (κ1) is 29.1. The number of nitrogens with zero attached hydrogens (tertiary/aromatic N) is 4. The van der Waals surface area contributed by atoms with Gasteiger partial charge in [-0.15, -0.1) is 0 Å². The van der Waals surface area contributed by atoms with Crippen LogP contribution in [0, 0.1) is 0 Å². The van der Waals surface area contributed by atoms with Gasteiger partial charge in [-0.2, -0.15) is 0 Å². The minimum Gasteiger partial charge on any atom is -0.459 e. The van der Waals surface area contributed by atoms with Crippen molar-refractivity contribution in [1.29, 1.82) is 0 Å². The van der Waals surface area contributed by atoms with Crippen LogP contribution in [0.1, 0.15) is 37.9 Å². The summed E-state index contributed by atoms with van der Waals surface area (Å²) in [5, 5.41) is 1.47. The minimum absolute atomic E-state index is 0.0224. The number of carbonyl (C=O) groups is 2. The number of amides is 1. The van der Waals surface area contributed by atoms with E-state index < -0.39 is 12.0 Å². The Morgan fingerprint density at radius 3 is 2.58 bits per heavy atom. The number of esters is 1. The highest BCUT2D eigenvalue weighted by atomic mass is 35.5. The maximum absolute atomic E-state index is 14.1. The van der Waals surface area contributed by atoms with Crippen molar-refractivity contribution in [2.24, 2.45) is 4.99 Å². The molecule has 0 radical (unpaired) electrons. The van der Waals surface area contributed by atoms with Gasteiger partial charge in [-0.1, -0.05) is 53.3 Å². The molecule has 2 aromatic heterocycles. The zero-order valence-electron chi connectivity index (χ0n) is 24.1. The van der Waals surface area contributed by atoms with Gasteiger partial charge in [0.05, 0.1) is 41.2 Å². The van der Waals surface area contributed by atoms with E-state index >= 15 is 0 Å². The number of morpholine rings is 1. The van der Waals surface area contributed by atoms with Crippen molar-refractivity contribution >= 4 is 51.8 Å². The molecule has 1 unspecified atom stereocenters. The van der Waals surface area contributed by atoms with Gasteiger partial charge in [0.2, 0.25) is 5.91 Å². The van der Waals surface area contributed by atoms with Crippen LogP contribution in [-0.2, 0) is 25.6 Å². The molecule has 6 rings (SSSR count). The lowest BCUT2D eigenvalue weighted by Crippen LogP contribution is -2.42. The highest BCUT2D eigenvalue weighted by Crippen LogP contribution is 2.31. The Bertz CT molecular complexity index is 1930. The summed E-state index contributed by atoms with van der Waals surface area (Å²) in [5.41, 5.74) is 2.97. The number of hydrogen-bond donors (Lipinski definition) is 0. The molecule has 1 saturated heterocycles. The highest BCUT2D eigenvalue weighted by molar-refractivity contribution is 7.07. The molecule has 0 N–H and O–H groups in total. The fraction of sp³-hybridized carbons (Fsp3) is 0.312. The Labute approximate surface area is 256 Å². The first-order valence-electron chi connectivity index (χ1n) is 14.1. The number of aromatic nitrogens is 2. The zero-order chi connectivity index (χ0) is 30.2. The standard InChI is InChI=1S/C32H31ClN4O5S/c1-19(2)42-31(40)28-20(3)34-32-37(29(28)21-8-10-23(33)11-9-21)30(39)26(43-32)16-22-17-36(25-7-5-4-6-24(22)25)18-27(38)35-12-14-41-15-13-35/h4-11,16-17,19,29H,12-15,18H2,1-3H3. The molecule has 4 heterocycles. The van der Waals surface area contributed by atoms with E-state index in [1.165, 1.54) is 11.3 Å². The van der Waals surface area contributed by atoms with Crippen molar-refractivity contribution < 1.29 is 19.1 Å². The summed E-state index contributed by atoms with van der Waals surface area (Å²) in [5.74, 6) is -0.493. The van der Waals surface area contributed by atoms with Gasteiger partial charge in [0.25, 0.3) is 5.56 Å². The van der Waals surface area contributed by atoms with Gasteiger partial charge in [-0.05, 0) is 50.6 Å². The molecule has 1 fully saturated rings.